The van der Waals surface area contributed by atoms with Crippen LogP contribution in [0.15, 0.2) is 24.3 Å². The molecule has 1 saturated heterocycles. The van der Waals surface area contributed by atoms with Crippen molar-refractivity contribution in [3.63, 3.8) is 0 Å². The molecule has 1 aliphatic rings. The van der Waals surface area contributed by atoms with E-state index >= 15 is 0 Å². The van der Waals surface area contributed by atoms with Gasteiger partial charge in [0.1, 0.15) is 0 Å². The maximum atomic E-state index is 11.7. The molecular formula is C13H17ClN2O3S. The Hall–Kier alpha value is -1.27. The molecule has 20 heavy (non-hydrogen) atoms. The molecule has 0 bridgehead atoms. The molecule has 0 radical (unpaired) electrons. The van der Waals surface area contributed by atoms with Gasteiger partial charge in [0.2, 0.25) is 5.91 Å². The average Bonchev–Trinajstić information content (AvgIpc) is 2.75. The van der Waals surface area contributed by atoms with Crippen molar-refractivity contribution in [1.29, 1.82) is 0 Å². The number of carbonyl (C=O) groups is 1. The molecule has 7 heteroatoms. The SMILES string of the molecule is O=C(CNc1ccccc1Cl)NCC1CCS(=O)(=O)C1. The third-order valence-corrected chi connectivity index (χ3v) is 5.39. The van der Waals surface area contributed by atoms with Gasteiger partial charge in [0, 0.05) is 6.54 Å². The summed E-state index contributed by atoms with van der Waals surface area (Å²) in [7, 11) is -2.89. The lowest BCUT2D eigenvalue weighted by atomic mass is 10.1. The van der Waals surface area contributed by atoms with Crippen molar-refractivity contribution in [3.8, 4) is 0 Å². The zero-order valence-corrected chi connectivity index (χ0v) is 12.5. The van der Waals surface area contributed by atoms with E-state index in [1.807, 2.05) is 12.1 Å². The first-order valence-corrected chi connectivity index (χ1v) is 8.62. The zero-order valence-electron chi connectivity index (χ0n) is 10.9. The van der Waals surface area contributed by atoms with Crippen molar-refractivity contribution < 1.29 is 13.2 Å². The third-order valence-electron chi connectivity index (χ3n) is 3.23. The molecule has 110 valence electrons. The summed E-state index contributed by atoms with van der Waals surface area (Å²) in [6, 6.07) is 7.17. The van der Waals surface area contributed by atoms with Crippen LogP contribution in [-0.2, 0) is 14.6 Å². The van der Waals surface area contributed by atoms with E-state index in [1.54, 1.807) is 12.1 Å². The maximum Gasteiger partial charge on any atom is 0.239 e. The van der Waals surface area contributed by atoms with Gasteiger partial charge in [0.25, 0.3) is 0 Å². The first-order valence-electron chi connectivity index (χ1n) is 6.42. The Morgan fingerprint density at radius 1 is 1.35 bits per heavy atom. The van der Waals surface area contributed by atoms with Gasteiger partial charge in [-0.2, -0.15) is 0 Å². The molecule has 0 saturated carbocycles. The molecule has 5 nitrogen and oxygen atoms in total. The largest absolute Gasteiger partial charge is 0.375 e. The summed E-state index contributed by atoms with van der Waals surface area (Å²) < 4.78 is 22.6. The van der Waals surface area contributed by atoms with Crippen molar-refractivity contribution in [2.24, 2.45) is 5.92 Å². The molecule has 0 aromatic heterocycles. The Labute approximate surface area is 123 Å². The Bertz CT molecular complexity index is 589. The van der Waals surface area contributed by atoms with Crippen molar-refractivity contribution in [2.45, 2.75) is 6.42 Å². The Morgan fingerprint density at radius 3 is 2.75 bits per heavy atom. The second-order valence-corrected chi connectivity index (χ2v) is 7.54. The van der Waals surface area contributed by atoms with Gasteiger partial charge < -0.3 is 10.6 Å². The summed E-state index contributed by atoms with van der Waals surface area (Å²) in [5.41, 5.74) is 0.702. The van der Waals surface area contributed by atoms with Gasteiger partial charge in [0.05, 0.1) is 28.8 Å². The van der Waals surface area contributed by atoms with Crippen LogP contribution in [0.5, 0.6) is 0 Å². The topological polar surface area (TPSA) is 75.3 Å². The fourth-order valence-corrected chi connectivity index (χ4v) is 4.20. The average molecular weight is 317 g/mol. The van der Waals surface area contributed by atoms with Crippen LogP contribution in [0.3, 0.4) is 0 Å². The number of hydrogen-bond acceptors (Lipinski definition) is 4. The number of rotatable bonds is 5. The highest BCUT2D eigenvalue weighted by Crippen LogP contribution is 2.20. The van der Waals surface area contributed by atoms with E-state index in [0.717, 1.165) is 0 Å². The maximum absolute atomic E-state index is 11.7. The standard InChI is InChI=1S/C13H17ClN2O3S/c14-11-3-1-2-4-12(11)15-8-13(17)16-7-10-5-6-20(18,19)9-10/h1-4,10,15H,5-9H2,(H,16,17). The molecule has 2 rings (SSSR count). The van der Waals surface area contributed by atoms with Gasteiger partial charge in [0.15, 0.2) is 9.84 Å². The molecule has 1 aromatic rings. The van der Waals surface area contributed by atoms with E-state index < -0.39 is 9.84 Å². The van der Waals surface area contributed by atoms with Crippen molar-refractivity contribution >= 4 is 33.0 Å². The Balaban J connectivity index is 1.73. The normalized spacial score (nSPS) is 20.6. The van der Waals surface area contributed by atoms with Crippen molar-refractivity contribution in [2.75, 3.05) is 29.9 Å². The van der Waals surface area contributed by atoms with Crippen LogP contribution in [0.4, 0.5) is 5.69 Å². The van der Waals surface area contributed by atoms with E-state index in [9.17, 15) is 13.2 Å². The molecule has 1 atom stereocenters. The number of carbonyl (C=O) groups excluding carboxylic acids is 1. The lowest BCUT2D eigenvalue weighted by molar-refractivity contribution is -0.119. The molecule has 1 aromatic carbocycles. The molecule has 0 aliphatic carbocycles. The molecule has 1 aliphatic heterocycles. The quantitative estimate of drug-likeness (QED) is 0.858. The Morgan fingerprint density at radius 2 is 2.10 bits per heavy atom. The predicted molar refractivity (Wildman–Crippen MR) is 79.7 cm³/mol. The second-order valence-electron chi connectivity index (χ2n) is 4.91. The molecular weight excluding hydrogens is 300 g/mol. The number of amides is 1. The highest BCUT2D eigenvalue weighted by atomic mass is 35.5. The molecule has 1 fully saturated rings. The lowest BCUT2D eigenvalue weighted by Crippen LogP contribution is -2.34. The van der Waals surface area contributed by atoms with Crippen LogP contribution in [0.1, 0.15) is 6.42 Å². The van der Waals surface area contributed by atoms with Crippen LogP contribution in [0.2, 0.25) is 5.02 Å². The summed E-state index contributed by atoms with van der Waals surface area (Å²) in [6.45, 7) is 0.519. The minimum atomic E-state index is -2.89. The molecule has 1 unspecified atom stereocenters. The number of benzene rings is 1. The van der Waals surface area contributed by atoms with E-state index in [1.165, 1.54) is 0 Å². The van der Waals surface area contributed by atoms with Gasteiger partial charge in [-0.1, -0.05) is 23.7 Å². The molecule has 1 amide bonds. The van der Waals surface area contributed by atoms with Gasteiger partial charge in [-0.05, 0) is 24.5 Å². The monoisotopic (exact) mass is 316 g/mol. The molecule has 1 heterocycles. The predicted octanol–water partition coefficient (Wildman–Crippen LogP) is 1.30. The fraction of sp³-hybridized carbons (Fsp3) is 0.462. The van der Waals surface area contributed by atoms with Gasteiger partial charge >= 0.3 is 0 Å². The first-order chi connectivity index (χ1) is 9.46. The zero-order chi connectivity index (χ0) is 14.6. The van der Waals surface area contributed by atoms with Crippen molar-refractivity contribution in [3.05, 3.63) is 29.3 Å². The van der Waals surface area contributed by atoms with E-state index in [2.05, 4.69) is 10.6 Å². The van der Waals surface area contributed by atoms with E-state index in [4.69, 9.17) is 11.6 Å². The van der Waals surface area contributed by atoms with Crippen LogP contribution in [0, 0.1) is 5.92 Å². The van der Waals surface area contributed by atoms with Gasteiger partial charge in [-0.25, -0.2) is 8.42 Å². The fourth-order valence-electron chi connectivity index (χ4n) is 2.13. The van der Waals surface area contributed by atoms with Gasteiger partial charge in [-0.3, -0.25) is 4.79 Å². The minimum Gasteiger partial charge on any atom is -0.375 e. The number of para-hydroxylation sites is 1. The van der Waals surface area contributed by atoms with Crippen molar-refractivity contribution in [1.82, 2.24) is 5.32 Å². The third kappa shape index (κ3) is 4.38. The van der Waals surface area contributed by atoms with Crippen LogP contribution < -0.4 is 10.6 Å². The number of sulfone groups is 1. The highest BCUT2D eigenvalue weighted by molar-refractivity contribution is 7.91. The summed E-state index contributed by atoms with van der Waals surface area (Å²) in [5, 5.41) is 6.24. The lowest BCUT2D eigenvalue weighted by Gasteiger charge is -2.11. The number of hydrogen-bond donors (Lipinski definition) is 2. The molecule has 0 spiro atoms. The highest BCUT2D eigenvalue weighted by Gasteiger charge is 2.27. The number of anilines is 1. The van der Waals surface area contributed by atoms with Crippen LogP contribution in [-0.4, -0.2) is 38.9 Å². The summed E-state index contributed by atoms with van der Waals surface area (Å²) in [5.74, 6) is 0.259. The van der Waals surface area contributed by atoms with Crippen LogP contribution >= 0.6 is 11.6 Å². The second kappa shape index (κ2) is 6.45. The Kier molecular flexibility index (Phi) is 4.88. The number of nitrogens with one attached hydrogen (secondary N) is 2. The summed E-state index contributed by atoms with van der Waals surface area (Å²) >= 11 is 5.96. The summed E-state index contributed by atoms with van der Waals surface area (Å²) in [6.07, 6.45) is 0.626. The first kappa shape index (κ1) is 15.1. The van der Waals surface area contributed by atoms with Crippen LogP contribution in [0.25, 0.3) is 0 Å². The van der Waals surface area contributed by atoms with E-state index in [0.29, 0.717) is 23.7 Å². The minimum absolute atomic E-state index is 0.0317. The summed E-state index contributed by atoms with van der Waals surface area (Å²) in [4.78, 5) is 11.7. The molecule has 2 N–H and O–H groups in total. The van der Waals surface area contributed by atoms with E-state index in [-0.39, 0.29) is 29.9 Å². The van der Waals surface area contributed by atoms with Gasteiger partial charge in [-0.15, -0.1) is 0 Å². The smallest absolute Gasteiger partial charge is 0.239 e. The number of halogens is 1.